The summed E-state index contributed by atoms with van der Waals surface area (Å²) in [4.78, 5) is 4.29. The van der Waals surface area contributed by atoms with Gasteiger partial charge in [-0.2, -0.15) is 17.5 Å². The topological polar surface area (TPSA) is 51.8 Å². The molecule has 0 fully saturated rings. The second-order valence-corrected chi connectivity index (χ2v) is 6.39. The van der Waals surface area contributed by atoms with Crippen LogP contribution >= 0.6 is 23.3 Å². The maximum Gasteiger partial charge on any atom is 0.416 e. The summed E-state index contributed by atoms with van der Waals surface area (Å²) >= 11 is 2.70. The Hall–Kier alpha value is -1.12. The number of alkyl halides is 3. The van der Waals surface area contributed by atoms with E-state index in [0.717, 1.165) is 28.7 Å². The summed E-state index contributed by atoms with van der Waals surface area (Å²) in [5.74, 6) is 1.23. The van der Waals surface area contributed by atoms with Crippen molar-refractivity contribution in [2.45, 2.75) is 29.9 Å². The highest BCUT2D eigenvalue weighted by atomic mass is 32.2. The number of aryl methyl sites for hydroxylation is 1. The smallest absolute Gasteiger partial charge is 0.323 e. The van der Waals surface area contributed by atoms with Crippen molar-refractivity contribution in [2.75, 3.05) is 5.75 Å². The fourth-order valence-corrected chi connectivity index (χ4v) is 3.35. The summed E-state index contributed by atoms with van der Waals surface area (Å²) in [6.07, 6.45) is -3.59. The van der Waals surface area contributed by atoms with Gasteiger partial charge in [0.1, 0.15) is 5.82 Å². The Morgan fingerprint density at radius 2 is 2.14 bits per heavy atom. The first-order valence-electron chi connectivity index (χ1n) is 6.28. The standard InChI is InChI=1S/C13H14F3N3S2/c1-2-11-18-12(21-19-11)20-7-10(17)8-4-3-5-9(6-8)13(14,15)16/h3-6,10H,2,7,17H2,1H3. The van der Waals surface area contributed by atoms with E-state index in [0.29, 0.717) is 11.3 Å². The first-order chi connectivity index (χ1) is 9.90. The van der Waals surface area contributed by atoms with E-state index in [9.17, 15) is 13.2 Å². The maximum absolute atomic E-state index is 12.7. The fourth-order valence-electron chi connectivity index (χ4n) is 1.64. The van der Waals surface area contributed by atoms with Crippen molar-refractivity contribution in [1.29, 1.82) is 0 Å². The van der Waals surface area contributed by atoms with Gasteiger partial charge in [-0.15, -0.1) is 0 Å². The molecule has 2 rings (SSSR count). The lowest BCUT2D eigenvalue weighted by Crippen LogP contribution is -2.14. The van der Waals surface area contributed by atoms with Crippen LogP contribution in [0.4, 0.5) is 13.2 Å². The second-order valence-electron chi connectivity index (χ2n) is 4.37. The molecule has 114 valence electrons. The van der Waals surface area contributed by atoms with Gasteiger partial charge in [-0.3, -0.25) is 0 Å². The molecule has 8 heteroatoms. The maximum atomic E-state index is 12.7. The van der Waals surface area contributed by atoms with Gasteiger partial charge in [0.05, 0.1) is 5.56 Å². The van der Waals surface area contributed by atoms with E-state index >= 15 is 0 Å². The fraction of sp³-hybridized carbons (Fsp3) is 0.385. The lowest BCUT2D eigenvalue weighted by Gasteiger charge is -2.13. The van der Waals surface area contributed by atoms with E-state index in [1.807, 2.05) is 6.92 Å². The number of nitrogens with two attached hydrogens (primary N) is 1. The molecule has 1 aromatic carbocycles. The van der Waals surface area contributed by atoms with Crippen molar-refractivity contribution in [3.8, 4) is 0 Å². The average Bonchev–Trinajstić information content (AvgIpc) is 2.92. The molecule has 0 saturated carbocycles. The number of thioether (sulfide) groups is 1. The summed E-state index contributed by atoms with van der Waals surface area (Å²) in [5, 5.41) is 0. The molecule has 2 aromatic rings. The zero-order valence-corrected chi connectivity index (χ0v) is 12.9. The first-order valence-corrected chi connectivity index (χ1v) is 8.04. The van der Waals surface area contributed by atoms with Crippen molar-refractivity contribution in [2.24, 2.45) is 5.73 Å². The van der Waals surface area contributed by atoms with Gasteiger partial charge in [0.25, 0.3) is 0 Å². The van der Waals surface area contributed by atoms with Crippen molar-refractivity contribution in [3.63, 3.8) is 0 Å². The van der Waals surface area contributed by atoms with E-state index < -0.39 is 17.8 Å². The molecule has 21 heavy (non-hydrogen) atoms. The van der Waals surface area contributed by atoms with Crippen molar-refractivity contribution < 1.29 is 13.2 Å². The Balaban J connectivity index is 2.01. The Bertz CT molecular complexity index is 598. The minimum absolute atomic E-state index is 0.458. The molecule has 1 unspecified atom stereocenters. The SMILES string of the molecule is CCc1nsc(SCC(N)c2cccc(C(F)(F)F)c2)n1. The lowest BCUT2D eigenvalue weighted by atomic mass is 10.1. The summed E-state index contributed by atoms with van der Waals surface area (Å²) in [6, 6.07) is 4.65. The van der Waals surface area contributed by atoms with E-state index in [-0.39, 0.29) is 0 Å². The molecule has 0 amide bonds. The van der Waals surface area contributed by atoms with Crippen LogP contribution in [0.2, 0.25) is 0 Å². The highest BCUT2D eigenvalue weighted by molar-refractivity contribution is 8.00. The predicted octanol–water partition coefficient (Wildman–Crippen LogP) is 3.91. The highest BCUT2D eigenvalue weighted by Crippen LogP contribution is 2.31. The quantitative estimate of drug-likeness (QED) is 0.843. The number of hydrogen-bond donors (Lipinski definition) is 1. The van der Waals surface area contributed by atoms with Crippen LogP contribution in [-0.2, 0) is 12.6 Å². The van der Waals surface area contributed by atoms with E-state index in [1.165, 1.54) is 29.4 Å². The third kappa shape index (κ3) is 4.42. The Morgan fingerprint density at radius 3 is 2.76 bits per heavy atom. The minimum atomic E-state index is -4.35. The Morgan fingerprint density at radius 1 is 1.38 bits per heavy atom. The molecule has 1 atom stereocenters. The van der Waals surface area contributed by atoms with Gasteiger partial charge in [-0.05, 0) is 29.2 Å². The molecule has 0 spiro atoms. The van der Waals surface area contributed by atoms with Gasteiger partial charge in [0, 0.05) is 18.2 Å². The van der Waals surface area contributed by atoms with Crippen LogP contribution in [0.3, 0.4) is 0 Å². The third-order valence-corrected chi connectivity index (χ3v) is 4.78. The molecule has 0 bridgehead atoms. The number of rotatable bonds is 5. The molecule has 0 aliphatic rings. The molecule has 0 aliphatic heterocycles. The van der Waals surface area contributed by atoms with E-state index in [1.54, 1.807) is 6.07 Å². The van der Waals surface area contributed by atoms with Gasteiger partial charge in [-0.25, -0.2) is 4.98 Å². The van der Waals surface area contributed by atoms with Gasteiger partial charge in [0.15, 0.2) is 4.34 Å². The monoisotopic (exact) mass is 333 g/mol. The molecular weight excluding hydrogens is 319 g/mol. The second kappa shape index (κ2) is 6.76. The van der Waals surface area contributed by atoms with Crippen LogP contribution in [0, 0.1) is 0 Å². The molecule has 1 heterocycles. The van der Waals surface area contributed by atoms with Crippen LogP contribution in [0.15, 0.2) is 28.6 Å². The predicted molar refractivity (Wildman–Crippen MR) is 78.4 cm³/mol. The van der Waals surface area contributed by atoms with Crippen LogP contribution in [0.1, 0.15) is 29.9 Å². The van der Waals surface area contributed by atoms with Gasteiger partial charge in [0.2, 0.25) is 0 Å². The lowest BCUT2D eigenvalue weighted by molar-refractivity contribution is -0.137. The summed E-state index contributed by atoms with van der Waals surface area (Å²) in [5.41, 5.74) is 5.76. The Kier molecular flexibility index (Phi) is 5.23. The van der Waals surface area contributed by atoms with Crippen LogP contribution in [-0.4, -0.2) is 15.1 Å². The molecule has 0 aliphatic carbocycles. The van der Waals surface area contributed by atoms with Crippen LogP contribution < -0.4 is 5.73 Å². The molecule has 2 N–H and O–H groups in total. The zero-order valence-electron chi connectivity index (χ0n) is 11.2. The largest absolute Gasteiger partial charge is 0.416 e. The number of aromatic nitrogens is 2. The molecular formula is C13H14F3N3S2. The molecule has 0 radical (unpaired) electrons. The number of halogens is 3. The summed E-state index contributed by atoms with van der Waals surface area (Å²) < 4.78 is 42.9. The normalized spacial score (nSPS) is 13.4. The van der Waals surface area contributed by atoms with Crippen LogP contribution in [0.25, 0.3) is 0 Å². The minimum Gasteiger partial charge on any atom is -0.323 e. The van der Waals surface area contributed by atoms with Crippen LogP contribution in [0.5, 0.6) is 0 Å². The van der Waals surface area contributed by atoms with E-state index in [4.69, 9.17) is 5.73 Å². The third-order valence-electron chi connectivity index (χ3n) is 2.79. The van der Waals surface area contributed by atoms with Crippen molar-refractivity contribution >= 4 is 23.3 Å². The number of hydrogen-bond acceptors (Lipinski definition) is 5. The number of benzene rings is 1. The first kappa shape index (κ1) is 16.3. The molecule has 3 nitrogen and oxygen atoms in total. The van der Waals surface area contributed by atoms with E-state index in [2.05, 4.69) is 9.36 Å². The molecule has 1 aromatic heterocycles. The number of nitrogens with zero attached hydrogens (tertiary/aromatic N) is 2. The van der Waals surface area contributed by atoms with Crippen molar-refractivity contribution in [1.82, 2.24) is 9.36 Å². The van der Waals surface area contributed by atoms with Gasteiger partial charge < -0.3 is 5.73 Å². The highest BCUT2D eigenvalue weighted by Gasteiger charge is 2.30. The van der Waals surface area contributed by atoms with Gasteiger partial charge >= 0.3 is 6.18 Å². The van der Waals surface area contributed by atoms with Crippen molar-refractivity contribution in [3.05, 3.63) is 41.2 Å². The molecule has 0 saturated heterocycles. The Labute approximate surface area is 128 Å². The summed E-state index contributed by atoms with van der Waals surface area (Å²) in [7, 11) is 0. The average molecular weight is 333 g/mol. The van der Waals surface area contributed by atoms with Gasteiger partial charge in [-0.1, -0.05) is 30.8 Å². The zero-order chi connectivity index (χ0) is 15.5. The summed E-state index contributed by atoms with van der Waals surface area (Å²) in [6.45, 7) is 1.96.